The van der Waals surface area contributed by atoms with E-state index in [0.29, 0.717) is 60.3 Å². The van der Waals surface area contributed by atoms with Crippen LogP contribution in [0.4, 0.5) is 0 Å². The first kappa shape index (κ1) is 164. The predicted octanol–water partition coefficient (Wildman–Crippen LogP) is 13.9. The molecule has 0 heterocycles. The molecule has 0 unspecified atom stereocenters. The van der Waals surface area contributed by atoms with Gasteiger partial charge in [0.1, 0.15) is 20.3 Å². The van der Waals surface area contributed by atoms with Crippen molar-refractivity contribution in [1.82, 2.24) is 34.3 Å². The SMILES string of the molecule is C.C.C.C.C.C.C.C.C.C.C.C.C.C.C.C.C.C.C.C.CN(C)COCC(C)(COCN(C)C)COCN(C)C.COCCN(C)C.COCN(C)C.COCOCCN(C)C.COCOCOCN(C)C. The molecule has 0 rings (SSSR count). The molecular weight excluding hydrogens is 919 g/mol. The summed E-state index contributed by atoms with van der Waals surface area (Å²) in [6, 6.07) is 0. The molecule has 0 aromatic heterocycles. The van der Waals surface area contributed by atoms with Crippen LogP contribution in [0.25, 0.3) is 0 Å². The van der Waals surface area contributed by atoms with Crippen LogP contribution in [0.2, 0.25) is 0 Å². The summed E-state index contributed by atoms with van der Waals surface area (Å²) in [5.41, 5.74) is -0.137. The predicted molar refractivity (Wildman–Crippen MR) is 346 cm³/mol. The second kappa shape index (κ2) is 128. The summed E-state index contributed by atoms with van der Waals surface area (Å²) in [5, 5.41) is 0. The van der Waals surface area contributed by atoms with Crippen LogP contribution in [0.1, 0.15) is 155 Å². The van der Waals surface area contributed by atoms with Crippen molar-refractivity contribution in [2.24, 2.45) is 5.41 Å². The minimum Gasteiger partial charge on any atom is -0.383 e. The molecule has 0 spiro atoms. The Morgan fingerprint density at radius 3 is 0.694 bits per heavy atom. The molecule has 0 radical (unpaired) electrons. The van der Waals surface area contributed by atoms with Gasteiger partial charge in [-0.2, -0.15) is 0 Å². The summed E-state index contributed by atoms with van der Waals surface area (Å²) >= 11 is 0. The van der Waals surface area contributed by atoms with E-state index < -0.39 is 0 Å². The topological polar surface area (TPSA) is 115 Å². The molecule has 17 heteroatoms. The highest BCUT2D eigenvalue weighted by molar-refractivity contribution is 4.73. The van der Waals surface area contributed by atoms with Gasteiger partial charge in [-0.15, -0.1) is 0 Å². The summed E-state index contributed by atoms with van der Waals surface area (Å²) in [7, 11) is 34.4. The molecule has 0 aromatic rings. The van der Waals surface area contributed by atoms with E-state index in [0.717, 1.165) is 26.3 Å². The minimum atomic E-state index is -0.137. The second-order valence-electron chi connectivity index (χ2n) is 14.0. The number of ether oxygens (including phenoxy) is 10. The fourth-order valence-electron chi connectivity index (χ4n) is 2.87. The maximum absolute atomic E-state index is 5.71. The monoisotopic (exact) mass is 1090 g/mol. The van der Waals surface area contributed by atoms with Crippen molar-refractivity contribution in [1.29, 1.82) is 0 Å². The van der Waals surface area contributed by atoms with Crippen molar-refractivity contribution in [2.75, 3.05) is 227 Å². The van der Waals surface area contributed by atoms with Gasteiger partial charge < -0.3 is 57.2 Å². The summed E-state index contributed by atoms with van der Waals surface area (Å²) in [4.78, 5) is 14.0. The van der Waals surface area contributed by atoms with E-state index in [1.54, 1.807) is 28.4 Å². The Morgan fingerprint density at radius 2 is 0.500 bits per heavy atom. The van der Waals surface area contributed by atoms with Crippen LogP contribution in [0, 0.1) is 5.41 Å². The number of nitrogens with zero attached hydrogens (tertiary/aromatic N) is 7. The minimum absolute atomic E-state index is 0. The van der Waals surface area contributed by atoms with Crippen molar-refractivity contribution in [3.8, 4) is 0 Å². The highest BCUT2D eigenvalue weighted by atomic mass is 16.7. The highest BCUT2D eigenvalue weighted by Crippen LogP contribution is 2.18. The molecule has 0 aliphatic rings. The van der Waals surface area contributed by atoms with Crippen molar-refractivity contribution in [2.45, 2.75) is 155 Å². The zero-order valence-corrected chi connectivity index (χ0v) is 37.3. The maximum atomic E-state index is 5.71. The van der Waals surface area contributed by atoms with E-state index in [1.165, 1.54) is 0 Å². The van der Waals surface area contributed by atoms with Crippen molar-refractivity contribution < 1.29 is 47.4 Å². The number of methoxy groups -OCH3 is 4. The Labute approximate surface area is 468 Å². The van der Waals surface area contributed by atoms with Gasteiger partial charge in [0, 0.05) is 46.9 Å². The van der Waals surface area contributed by atoms with Crippen LogP contribution in [0.3, 0.4) is 0 Å². The average Bonchev–Trinajstić information content (AvgIpc) is 3.02. The smallest absolute Gasteiger partial charge is 0.151 e. The highest BCUT2D eigenvalue weighted by Gasteiger charge is 2.26. The number of hydrogen-bond donors (Lipinski definition) is 0. The van der Waals surface area contributed by atoms with Gasteiger partial charge in [0.05, 0.1) is 60.0 Å². The number of likely N-dealkylation sites (N-methyl/N-ethyl adjacent to an activating group) is 2. The third-order valence-corrected chi connectivity index (χ3v) is 5.13. The van der Waals surface area contributed by atoms with Crippen LogP contribution in [0.15, 0.2) is 0 Å². The largest absolute Gasteiger partial charge is 0.383 e. The van der Waals surface area contributed by atoms with E-state index in [2.05, 4.69) is 26.2 Å². The summed E-state index contributed by atoms with van der Waals surface area (Å²) in [5.74, 6) is 0. The van der Waals surface area contributed by atoms with Crippen LogP contribution >= 0.6 is 0 Å². The molecule has 0 N–H and O–H groups in total. The molecule has 0 fully saturated rings. The third kappa shape index (κ3) is 199. The van der Waals surface area contributed by atoms with E-state index in [4.69, 9.17) is 37.9 Å². The molecule has 17 nitrogen and oxygen atoms in total. The van der Waals surface area contributed by atoms with Gasteiger partial charge in [-0.3, -0.25) is 24.5 Å². The molecule has 0 saturated carbocycles. The Morgan fingerprint density at radius 1 is 0.250 bits per heavy atom. The third-order valence-electron chi connectivity index (χ3n) is 5.13. The van der Waals surface area contributed by atoms with Gasteiger partial charge in [0.15, 0.2) is 6.79 Å². The summed E-state index contributed by atoms with van der Waals surface area (Å²) in [6.07, 6.45) is 0. The average molecular weight is 1090 g/mol. The Balaban J connectivity index is -0.0000000165. The fraction of sp³-hybridized carbons (Fsp3) is 1.00. The van der Waals surface area contributed by atoms with E-state index in [9.17, 15) is 0 Å². The summed E-state index contributed by atoms with van der Waals surface area (Å²) in [6.45, 7) is 11.6. The van der Waals surface area contributed by atoms with Crippen molar-refractivity contribution >= 4 is 0 Å². The molecule has 0 aliphatic heterocycles. The molecule has 0 atom stereocenters. The molecule has 0 saturated heterocycles. The molecule has 482 valence electrons. The van der Waals surface area contributed by atoms with Crippen LogP contribution in [-0.2, 0) is 47.4 Å². The Bertz CT molecular complexity index is 614. The van der Waals surface area contributed by atoms with E-state index in [-0.39, 0.29) is 168 Å². The lowest BCUT2D eigenvalue weighted by molar-refractivity contribution is -0.134. The van der Waals surface area contributed by atoms with Gasteiger partial charge in [0.25, 0.3) is 0 Å². The second-order valence-corrected chi connectivity index (χ2v) is 14.0. The van der Waals surface area contributed by atoms with Crippen LogP contribution < -0.4 is 0 Å². The molecular formula is C55H167N7O10. The number of hydrogen-bond acceptors (Lipinski definition) is 17. The fourth-order valence-corrected chi connectivity index (χ4v) is 2.87. The molecule has 0 amide bonds. The standard InChI is InChI=1S/C14H33N3O3.C6H15NO3.C6H15NO2.C5H13NO.C4H11NO.20CH4/c1-14(8-18-11-15(2)3,9-19-12-16(4)5)10-20-13-17(6)7;1-7(2)4-9-6-10-5-8-3;1-7(2)4-5-9-6-8-3;1-6(2)4-5-7-3;1-5(2)4-6-3;;;;;;;;;;;;;;;;;;;;/h8-13H2,1-7H3;4-6H2,1-3H3;4-6H2,1-3H3;4-5H2,1-3H3;4H2,1-3H3;20*1H4. The molecule has 0 aromatic carbocycles. The Hall–Kier alpha value is -0.680. The normalized spacial score (nSPS) is 8.25. The van der Waals surface area contributed by atoms with Crippen molar-refractivity contribution in [3.05, 3.63) is 0 Å². The van der Waals surface area contributed by atoms with Gasteiger partial charge in [-0.1, -0.05) is 155 Å². The Kier molecular flexibility index (Phi) is 293. The first-order valence-electron chi connectivity index (χ1n) is 17.3. The van der Waals surface area contributed by atoms with Crippen LogP contribution in [0.5, 0.6) is 0 Å². The van der Waals surface area contributed by atoms with Gasteiger partial charge >= 0.3 is 0 Å². The first-order chi connectivity index (χ1) is 24.3. The quantitative estimate of drug-likeness (QED) is 0.0546. The van der Waals surface area contributed by atoms with Crippen molar-refractivity contribution in [3.63, 3.8) is 0 Å². The molecule has 0 aliphatic carbocycles. The van der Waals surface area contributed by atoms with E-state index in [1.807, 2.05) is 123 Å². The zero-order chi connectivity index (χ0) is 41.2. The maximum Gasteiger partial charge on any atom is 0.151 e. The lowest BCUT2D eigenvalue weighted by atomic mass is 9.94. The van der Waals surface area contributed by atoms with E-state index >= 15 is 0 Å². The van der Waals surface area contributed by atoms with Gasteiger partial charge in [-0.25, -0.2) is 0 Å². The van der Waals surface area contributed by atoms with Gasteiger partial charge in [-0.05, 0) is 98.7 Å². The zero-order valence-electron chi connectivity index (χ0n) is 37.3. The lowest BCUT2D eigenvalue weighted by Gasteiger charge is -2.30. The molecule has 72 heavy (non-hydrogen) atoms. The van der Waals surface area contributed by atoms with Crippen LogP contribution in [-0.4, -0.2) is 262 Å². The molecule has 0 bridgehead atoms. The lowest BCUT2D eigenvalue weighted by Crippen LogP contribution is -2.37. The number of rotatable bonds is 28. The van der Waals surface area contributed by atoms with Gasteiger partial charge in [0.2, 0.25) is 0 Å². The first-order valence-corrected chi connectivity index (χ1v) is 17.3. The summed E-state index contributed by atoms with van der Waals surface area (Å²) < 4.78 is 50.9.